The van der Waals surface area contributed by atoms with Crippen LogP contribution in [0, 0.1) is 5.82 Å². The highest BCUT2D eigenvalue weighted by molar-refractivity contribution is 7.98. The van der Waals surface area contributed by atoms with E-state index in [0.717, 1.165) is 0 Å². The van der Waals surface area contributed by atoms with E-state index < -0.39 is 0 Å². The molecule has 0 atom stereocenters. The molecule has 0 saturated heterocycles. The Morgan fingerprint density at radius 2 is 2.00 bits per heavy atom. The SMILES string of the molecule is CCn1c(SCc2coc(-c3cccc(F)c3)n2)nc2ccccc2c1=O. The summed E-state index contributed by atoms with van der Waals surface area (Å²) in [6.07, 6.45) is 1.54. The van der Waals surface area contributed by atoms with Crippen molar-refractivity contribution in [3.8, 4) is 11.5 Å². The Morgan fingerprint density at radius 3 is 2.81 bits per heavy atom. The van der Waals surface area contributed by atoms with E-state index in [1.54, 1.807) is 29.0 Å². The fourth-order valence-electron chi connectivity index (χ4n) is 2.80. The number of aromatic nitrogens is 3. The normalized spacial score (nSPS) is 11.2. The topological polar surface area (TPSA) is 60.9 Å². The smallest absolute Gasteiger partial charge is 0.262 e. The van der Waals surface area contributed by atoms with Crippen LogP contribution < -0.4 is 5.56 Å². The number of rotatable bonds is 5. The first kappa shape index (κ1) is 17.5. The lowest BCUT2D eigenvalue weighted by atomic mass is 10.2. The average molecular weight is 381 g/mol. The van der Waals surface area contributed by atoms with Crippen LogP contribution in [0.1, 0.15) is 12.6 Å². The molecule has 0 amide bonds. The molecule has 2 aromatic heterocycles. The zero-order chi connectivity index (χ0) is 18.8. The molecule has 0 radical (unpaired) electrons. The minimum atomic E-state index is -0.339. The maximum Gasteiger partial charge on any atom is 0.262 e. The van der Waals surface area contributed by atoms with Crippen LogP contribution in [-0.2, 0) is 12.3 Å². The van der Waals surface area contributed by atoms with Crippen LogP contribution in [0.3, 0.4) is 0 Å². The summed E-state index contributed by atoms with van der Waals surface area (Å²) >= 11 is 1.42. The summed E-state index contributed by atoms with van der Waals surface area (Å²) in [5, 5.41) is 1.25. The standard InChI is InChI=1S/C20H16FN3O2S/c1-2-24-19(25)16-8-3-4-9-17(16)23-20(24)27-12-15-11-26-18(22-15)13-6-5-7-14(21)10-13/h3-11H,2,12H2,1H3. The summed E-state index contributed by atoms with van der Waals surface area (Å²) in [7, 11) is 0. The van der Waals surface area contributed by atoms with Crippen molar-refractivity contribution in [3.63, 3.8) is 0 Å². The third-order valence-corrected chi connectivity index (χ3v) is 5.13. The van der Waals surface area contributed by atoms with E-state index in [1.165, 1.54) is 23.9 Å². The Kier molecular flexibility index (Phi) is 4.77. The molecule has 0 N–H and O–H groups in total. The molecule has 0 fully saturated rings. The average Bonchev–Trinajstić information content (AvgIpc) is 3.16. The van der Waals surface area contributed by atoms with Crippen LogP contribution in [-0.4, -0.2) is 14.5 Å². The van der Waals surface area contributed by atoms with Crippen LogP contribution in [0.15, 0.2) is 69.2 Å². The van der Waals surface area contributed by atoms with Crippen molar-refractivity contribution < 1.29 is 8.81 Å². The van der Waals surface area contributed by atoms with Crippen LogP contribution >= 0.6 is 11.8 Å². The van der Waals surface area contributed by atoms with E-state index in [-0.39, 0.29) is 11.4 Å². The number of halogens is 1. The van der Waals surface area contributed by atoms with Gasteiger partial charge in [-0.15, -0.1) is 0 Å². The molecule has 7 heteroatoms. The molecule has 4 rings (SSSR count). The van der Waals surface area contributed by atoms with Gasteiger partial charge in [-0.1, -0.05) is 30.0 Å². The molecule has 0 unspecified atom stereocenters. The Balaban J connectivity index is 1.60. The molecule has 0 saturated carbocycles. The molecule has 5 nitrogen and oxygen atoms in total. The first-order valence-electron chi connectivity index (χ1n) is 8.48. The van der Waals surface area contributed by atoms with Crippen molar-refractivity contribution in [2.24, 2.45) is 0 Å². The summed E-state index contributed by atoms with van der Waals surface area (Å²) in [6, 6.07) is 13.4. The van der Waals surface area contributed by atoms with Crippen molar-refractivity contribution >= 4 is 22.7 Å². The first-order valence-corrected chi connectivity index (χ1v) is 9.47. The molecule has 0 bridgehead atoms. The summed E-state index contributed by atoms with van der Waals surface area (Å²) in [6.45, 7) is 2.45. The second-order valence-corrected chi connectivity index (χ2v) is 6.85. The van der Waals surface area contributed by atoms with Crippen molar-refractivity contribution in [3.05, 3.63) is 76.7 Å². The lowest BCUT2D eigenvalue weighted by Crippen LogP contribution is -2.22. The van der Waals surface area contributed by atoms with Gasteiger partial charge in [-0.3, -0.25) is 9.36 Å². The fourth-order valence-corrected chi connectivity index (χ4v) is 3.74. The van der Waals surface area contributed by atoms with Gasteiger partial charge < -0.3 is 4.42 Å². The molecule has 136 valence electrons. The number of benzene rings is 2. The summed E-state index contributed by atoms with van der Waals surface area (Å²) in [5.41, 5.74) is 1.91. The second kappa shape index (κ2) is 7.36. The molecule has 2 heterocycles. The van der Waals surface area contributed by atoms with Gasteiger partial charge in [0.1, 0.15) is 12.1 Å². The lowest BCUT2D eigenvalue weighted by molar-refractivity contribution is 0.571. The number of nitrogens with zero attached hydrogens (tertiary/aromatic N) is 3. The largest absolute Gasteiger partial charge is 0.444 e. The number of para-hydroxylation sites is 1. The van der Waals surface area contributed by atoms with E-state index in [2.05, 4.69) is 9.97 Å². The Bertz CT molecular complexity index is 1170. The summed E-state index contributed by atoms with van der Waals surface area (Å²) < 4.78 is 20.5. The molecule has 0 aliphatic rings. The molecule has 2 aromatic carbocycles. The van der Waals surface area contributed by atoms with Gasteiger partial charge in [0, 0.05) is 17.9 Å². The third kappa shape index (κ3) is 3.50. The molecule has 27 heavy (non-hydrogen) atoms. The quantitative estimate of drug-likeness (QED) is 0.376. The molecule has 0 aliphatic carbocycles. The maximum atomic E-state index is 13.4. The summed E-state index contributed by atoms with van der Waals surface area (Å²) in [4.78, 5) is 21.7. The highest BCUT2D eigenvalue weighted by Crippen LogP contribution is 2.25. The monoisotopic (exact) mass is 381 g/mol. The number of hydrogen-bond acceptors (Lipinski definition) is 5. The van der Waals surface area contributed by atoms with Crippen molar-refractivity contribution in [2.45, 2.75) is 24.4 Å². The minimum absolute atomic E-state index is 0.0498. The molecule has 4 aromatic rings. The first-order chi connectivity index (χ1) is 13.2. The second-order valence-electron chi connectivity index (χ2n) is 5.90. The van der Waals surface area contributed by atoms with E-state index in [4.69, 9.17) is 4.42 Å². The number of oxazole rings is 1. The van der Waals surface area contributed by atoms with E-state index in [9.17, 15) is 9.18 Å². The molecular weight excluding hydrogens is 365 g/mol. The van der Waals surface area contributed by atoms with Crippen LogP contribution in [0.4, 0.5) is 4.39 Å². The maximum absolute atomic E-state index is 13.4. The van der Waals surface area contributed by atoms with Gasteiger partial charge in [-0.05, 0) is 37.3 Å². The fraction of sp³-hybridized carbons (Fsp3) is 0.150. The van der Waals surface area contributed by atoms with Gasteiger partial charge in [0.05, 0.1) is 16.6 Å². The lowest BCUT2D eigenvalue weighted by Gasteiger charge is -2.10. The van der Waals surface area contributed by atoms with Crippen LogP contribution in [0.25, 0.3) is 22.4 Å². The number of fused-ring (bicyclic) bond motifs is 1. The van der Waals surface area contributed by atoms with E-state index >= 15 is 0 Å². The predicted molar refractivity (Wildman–Crippen MR) is 103 cm³/mol. The van der Waals surface area contributed by atoms with Gasteiger partial charge >= 0.3 is 0 Å². The van der Waals surface area contributed by atoms with Gasteiger partial charge in [0.25, 0.3) is 5.56 Å². The molecule has 0 spiro atoms. The zero-order valence-electron chi connectivity index (χ0n) is 14.6. The predicted octanol–water partition coefficient (Wildman–Crippen LogP) is 4.50. The van der Waals surface area contributed by atoms with Gasteiger partial charge in [0.2, 0.25) is 5.89 Å². The highest BCUT2D eigenvalue weighted by Gasteiger charge is 2.12. The summed E-state index contributed by atoms with van der Waals surface area (Å²) in [5.74, 6) is 0.516. The highest BCUT2D eigenvalue weighted by atomic mass is 32.2. The number of hydrogen-bond donors (Lipinski definition) is 0. The van der Waals surface area contributed by atoms with Gasteiger partial charge in [-0.2, -0.15) is 0 Å². The molecular formula is C20H16FN3O2S. The Morgan fingerprint density at radius 1 is 1.15 bits per heavy atom. The van der Waals surface area contributed by atoms with Crippen molar-refractivity contribution in [1.29, 1.82) is 0 Å². The Labute approximate surface area is 158 Å². The van der Waals surface area contributed by atoms with Crippen LogP contribution in [0.5, 0.6) is 0 Å². The third-order valence-electron chi connectivity index (χ3n) is 4.12. The molecule has 0 aliphatic heterocycles. The van der Waals surface area contributed by atoms with E-state index in [0.29, 0.717) is 45.5 Å². The van der Waals surface area contributed by atoms with E-state index in [1.807, 2.05) is 25.1 Å². The van der Waals surface area contributed by atoms with Crippen molar-refractivity contribution in [1.82, 2.24) is 14.5 Å². The van der Waals surface area contributed by atoms with Gasteiger partial charge in [0.15, 0.2) is 5.16 Å². The minimum Gasteiger partial charge on any atom is -0.444 e. The zero-order valence-corrected chi connectivity index (χ0v) is 15.4. The Hall–Kier alpha value is -2.93. The van der Waals surface area contributed by atoms with Crippen molar-refractivity contribution in [2.75, 3.05) is 0 Å². The number of thioether (sulfide) groups is 1. The van der Waals surface area contributed by atoms with Crippen LogP contribution in [0.2, 0.25) is 0 Å². The van der Waals surface area contributed by atoms with Gasteiger partial charge in [-0.25, -0.2) is 14.4 Å².